The minimum atomic E-state index is -0.449. The number of rotatable bonds is 8. The van der Waals surface area contributed by atoms with Crippen LogP contribution >= 0.6 is 11.6 Å². The number of nitrogens with one attached hydrogen (secondary N) is 1. The van der Waals surface area contributed by atoms with Gasteiger partial charge in [-0.3, -0.25) is 24.3 Å². The third kappa shape index (κ3) is 4.54. The van der Waals surface area contributed by atoms with E-state index < -0.39 is 4.92 Å². The second-order valence-electron chi connectivity index (χ2n) is 5.37. The summed E-state index contributed by atoms with van der Waals surface area (Å²) in [6, 6.07) is 0. The predicted octanol–water partition coefficient (Wildman–Crippen LogP) is 1.85. The van der Waals surface area contributed by atoms with Crippen molar-refractivity contribution in [2.24, 2.45) is 0 Å². The van der Waals surface area contributed by atoms with Crippen molar-refractivity contribution in [2.45, 2.75) is 39.8 Å². The van der Waals surface area contributed by atoms with Crippen molar-refractivity contribution in [2.75, 3.05) is 6.54 Å². The normalized spacial score (nSPS) is 10.8. The maximum Gasteiger partial charge on any atom is 0.312 e. The maximum absolute atomic E-state index is 11.8. The van der Waals surface area contributed by atoms with Crippen molar-refractivity contribution in [1.29, 1.82) is 0 Å². The Bertz CT molecular complexity index is 739. The molecule has 1 N–H and O–H groups in total. The minimum absolute atomic E-state index is 0.00768. The standard InChI is InChI=1S/C14H19ClN6O3/c1-10-14(21(23)24)11(2)20(18-10)7-4-13(22)16-5-3-6-19-9-12(15)8-17-19/h8-9H,3-7H2,1-2H3,(H,16,22). The van der Waals surface area contributed by atoms with Gasteiger partial charge < -0.3 is 5.32 Å². The third-order valence-electron chi connectivity index (χ3n) is 3.56. The topological polar surface area (TPSA) is 108 Å². The van der Waals surface area contributed by atoms with E-state index in [1.807, 2.05) is 0 Å². The zero-order valence-corrected chi connectivity index (χ0v) is 14.3. The molecule has 24 heavy (non-hydrogen) atoms. The Morgan fingerprint density at radius 2 is 2.17 bits per heavy atom. The number of amides is 1. The summed E-state index contributed by atoms with van der Waals surface area (Å²) in [5.74, 6) is -0.122. The quantitative estimate of drug-likeness (QED) is 0.442. The molecule has 2 heterocycles. The summed E-state index contributed by atoms with van der Waals surface area (Å²) in [6.45, 7) is 4.71. The SMILES string of the molecule is Cc1nn(CCC(=O)NCCCn2cc(Cl)cn2)c(C)c1[N+](=O)[O-]. The van der Waals surface area contributed by atoms with Crippen LogP contribution < -0.4 is 5.32 Å². The van der Waals surface area contributed by atoms with Gasteiger partial charge in [-0.2, -0.15) is 10.2 Å². The first kappa shape index (κ1) is 17.9. The number of carbonyl (C=O) groups is 1. The van der Waals surface area contributed by atoms with E-state index in [0.29, 0.717) is 36.0 Å². The molecule has 0 aliphatic heterocycles. The smallest absolute Gasteiger partial charge is 0.312 e. The van der Waals surface area contributed by atoms with Gasteiger partial charge in [0.1, 0.15) is 11.4 Å². The van der Waals surface area contributed by atoms with Gasteiger partial charge in [-0.15, -0.1) is 0 Å². The summed E-state index contributed by atoms with van der Waals surface area (Å²) in [6.07, 6.45) is 4.23. The molecule has 0 bridgehead atoms. The summed E-state index contributed by atoms with van der Waals surface area (Å²) < 4.78 is 3.21. The lowest BCUT2D eigenvalue weighted by atomic mass is 10.3. The van der Waals surface area contributed by atoms with Gasteiger partial charge in [-0.05, 0) is 20.3 Å². The third-order valence-corrected chi connectivity index (χ3v) is 3.76. The van der Waals surface area contributed by atoms with Crippen LogP contribution in [-0.4, -0.2) is 36.9 Å². The van der Waals surface area contributed by atoms with E-state index in [1.54, 1.807) is 30.9 Å². The van der Waals surface area contributed by atoms with Crippen LogP contribution in [0.5, 0.6) is 0 Å². The fraction of sp³-hybridized carbons (Fsp3) is 0.500. The van der Waals surface area contributed by atoms with Gasteiger partial charge in [0, 0.05) is 25.7 Å². The van der Waals surface area contributed by atoms with Gasteiger partial charge in [0.05, 0.1) is 22.7 Å². The lowest BCUT2D eigenvalue weighted by Gasteiger charge is -2.06. The summed E-state index contributed by atoms with van der Waals surface area (Å²) in [7, 11) is 0. The van der Waals surface area contributed by atoms with Gasteiger partial charge in [-0.1, -0.05) is 11.6 Å². The molecule has 130 valence electrons. The van der Waals surface area contributed by atoms with Gasteiger partial charge in [-0.25, -0.2) is 0 Å². The Morgan fingerprint density at radius 1 is 1.42 bits per heavy atom. The predicted molar refractivity (Wildman–Crippen MR) is 87.8 cm³/mol. The second-order valence-corrected chi connectivity index (χ2v) is 5.81. The summed E-state index contributed by atoms with van der Waals surface area (Å²) >= 11 is 5.76. The molecular formula is C14H19ClN6O3. The highest BCUT2D eigenvalue weighted by molar-refractivity contribution is 6.30. The molecule has 1 amide bonds. The van der Waals surface area contributed by atoms with E-state index in [4.69, 9.17) is 11.6 Å². The summed E-state index contributed by atoms with van der Waals surface area (Å²) in [5, 5.41) is 22.5. The van der Waals surface area contributed by atoms with Crippen LogP contribution in [0.15, 0.2) is 12.4 Å². The average molecular weight is 355 g/mol. The molecule has 0 atom stereocenters. The van der Waals surface area contributed by atoms with Gasteiger partial charge in [0.25, 0.3) is 0 Å². The number of carbonyl (C=O) groups excluding carboxylic acids is 1. The fourth-order valence-electron chi connectivity index (χ4n) is 2.39. The lowest BCUT2D eigenvalue weighted by molar-refractivity contribution is -0.386. The number of nitro groups is 1. The Kier molecular flexibility index (Phi) is 5.91. The highest BCUT2D eigenvalue weighted by Crippen LogP contribution is 2.21. The molecular weight excluding hydrogens is 336 g/mol. The lowest BCUT2D eigenvalue weighted by Crippen LogP contribution is -2.26. The first-order chi connectivity index (χ1) is 11.4. The van der Waals surface area contributed by atoms with Crippen molar-refractivity contribution >= 4 is 23.2 Å². The molecule has 0 unspecified atom stereocenters. The number of hydrogen-bond acceptors (Lipinski definition) is 5. The molecule has 10 heteroatoms. The molecule has 9 nitrogen and oxygen atoms in total. The van der Waals surface area contributed by atoms with Crippen LogP contribution in [0, 0.1) is 24.0 Å². The molecule has 0 aliphatic rings. The van der Waals surface area contributed by atoms with Gasteiger partial charge >= 0.3 is 5.69 Å². The highest BCUT2D eigenvalue weighted by Gasteiger charge is 2.21. The molecule has 0 saturated carbocycles. The number of hydrogen-bond donors (Lipinski definition) is 1. The molecule has 0 spiro atoms. The molecule has 2 aromatic heterocycles. The summed E-state index contributed by atoms with van der Waals surface area (Å²) in [5.41, 5.74) is 0.824. The molecule has 0 fully saturated rings. The number of aryl methyl sites for hydroxylation is 3. The Labute approximate surface area is 143 Å². The van der Waals surface area contributed by atoms with E-state index in [2.05, 4.69) is 15.5 Å². The monoisotopic (exact) mass is 354 g/mol. The van der Waals surface area contributed by atoms with E-state index in [-0.39, 0.29) is 18.0 Å². The largest absolute Gasteiger partial charge is 0.356 e. The first-order valence-corrected chi connectivity index (χ1v) is 7.89. The van der Waals surface area contributed by atoms with Crippen molar-refractivity contribution in [3.05, 3.63) is 38.9 Å². The number of halogens is 1. The zero-order valence-electron chi connectivity index (χ0n) is 13.5. The van der Waals surface area contributed by atoms with Crippen LogP contribution in [0.4, 0.5) is 5.69 Å². The molecule has 0 radical (unpaired) electrons. The van der Waals surface area contributed by atoms with Crippen molar-refractivity contribution in [1.82, 2.24) is 24.9 Å². The van der Waals surface area contributed by atoms with Crippen molar-refractivity contribution < 1.29 is 9.72 Å². The Balaban J connectivity index is 1.73. The van der Waals surface area contributed by atoms with E-state index >= 15 is 0 Å². The van der Waals surface area contributed by atoms with E-state index in [9.17, 15) is 14.9 Å². The molecule has 2 aromatic rings. The molecule has 0 aliphatic carbocycles. The van der Waals surface area contributed by atoms with Gasteiger partial charge in [0.15, 0.2) is 0 Å². The Hall–Kier alpha value is -2.42. The second kappa shape index (κ2) is 7.91. The van der Waals surface area contributed by atoms with Crippen molar-refractivity contribution in [3.8, 4) is 0 Å². The summed E-state index contributed by atoms with van der Waals surface area (Å²) in [4.78, 5) is 22.3. The zero-order chi connectivity index (χ0) is 17.7. The first-order valence-electron chi connectivity index (χ1n) is 7.51. The maximum atomic E-state index is 11.8. The molecule has 0 aromatic carbocycles. The van der Waals surface area contributed by atoms with Crippen LogP contribution in [0.25, 0.3) is 0 Å². The van der Waals surface area contributed by atoms with E-state index in [1.165, 1.54) is 4.68 Å². The average Bonchev–Trinajstić information content (AvgIpc) is 3.04. The van der Waals surface area contributed by atoms with Gasteiger partial charge in [0.2, 0.25) is 5.91 Å². The molecule has 0 saturated heterocycles. The van der Waals surface area contributed by atoms with Crippen LogP contribution in [-0.2, 0) is 17.9 Å². The van der Waals surface area contributed by atoms with Crippen LogP contribution in [0.3, 0.4) is 0 Å². The highest BCUT2D eigenvalue weighted by atomic mass is 35.5. The Morgan fingerprint density at radius 3 is 2.75 bits per heavy atom. The number of aromatic nitrogens is 4. The number of nitrogens with zero attached hydrogens (tertiary/aromatic N) is 5. The molecule has 2 rings (SSSR count). The fourth-order valence-corrected chi connectivity index (χ4v) is 2.55. The minimum Gasteiger partial charge on any atom is -0.356 e. The van der Waals surface area contributed by atoms with Crippen molar-refractivity contribution in [3.63, 3.8) is 0 Å². The van der Waals surface area contributed by atoms with Crippen LogP contribution in [0.1, 0.15) is 24.2 Å². The van der Waals surface area contributed by atoms with Crippen LogP contribution in [0.2, 0.25) is 5.02 Å². The van der Waals surface area contributed by atoms with E-state index in [0.717, 1.165) is 6.42 Å².